The van der Waals surface area contributed by atoms with E-state index in [2.05, 4.69) is 0 Å². The van der Waals surface area contributed by atoms with E-state index in [9.17, 15) is 9.59 Å². The summed E-state index contributed by atoms with van der Waals surface area (Å²) in [5.41, 5.74) is 2.10. The fourth-order valence-corrected chi connectivity index (χ4v) is 3.37. The molecule has 124 valence electrons. The number of rotatable bonds is 2. The summed E-state index contributed by atoms with van der Waals surface area (Å²) in [5, 5.41) is 0. The predicted octanol–water partition coefficient (Wildman–Crippen LogP) is 1.91. The number of hydrogen-bond acceptors (Lipinski definition) is 3. The molecular formula is C18H24N2O3. The van der Waals surface area contributed by atoms with Crippen LogP contribution in [0.3, 0.4) is 0 Å². The first-order chi connectivity index (χ1) is 11.1. The Labute approximate surface area is 137 Å². The van der Waals surface area contributed by atoms with E-state index in [1.807, 2.05) is 36.1 Å². The molecule has 2 atom stereocenters. The number of carbonyl (C=O) groups is 2. The minimum Gasteiger partial charge on any atom is -0.356 e. The van der Waals surface area contributed by atoms with Gasteiger partial charge in [-0.15, -0.1) is 0 Å². The number of amides is 2. The average molecular weight is 316 g/mol. The SMILES string of the molecule is Cc1ccc([C@H]2[C@H](C(=O)N3CCCCC3)OCC(=O)N2C)cc1. The van der Waals surface area contributed by atoms with Gasteiger partial charge in [-0.1, -0.05) is 29.8 Å². The van der Waals surface area contributed by atoms with Crippen LogP contribution in [-0.2, 0) is 14.3 Å². The van der Waals surface area contributed by atoms with Crippen molar-refractivity contribution in [3.8, 4) is 0 Å². The van der Waals surface area contributed by atoms with E-state index >= 15 is 0 Å². The third-order valence-corrected chi connectivity index (χ3v) is 4.81. The highest BCUT2D eigenvalue weighted by Gasteiger charge is 2.41. The molecule has 5 heteroatoms. The quantitative estimate of drug-likeness (QED) is 0.837. The number of likely N-dealkylation sites (N-methyl/N-ethyl adjacent to an activating group) is 1. The lowest BCUT2D eigenvalue weighted by molar-refractivity contribution is -0.167. The summed E-state index contributed by atoms with van der Waals surface area (Å²) in [4.78, 5) is 28.5. The lowest BCUT2D eigenvalue weighted by atomic mass is 9.96. The van der Waals surface area contributed by atoms with Crippen LogP contribution in [0.15, 0.2) is 24.3 Å². The number of aryl methyl sites for hydroxylation is 1. The van der Waals surface area contributed by atoms with Gasteiger partial charge in [0.2, 0.25) is 5.91 Å². The fourth-order valence-electron chi connectivity index (χ4n) is 3.37. The van der Waals surface area contributed by atoms with E-state index in [1.54, 1.807) is 11.9 Å². The first-order valence-corrected chi connectivity index (χ1v) is 8.30. The number of ether oxygens (including phenoxy) is 1. The van der Waals surface area contributed by atoms with Crippen LogP contribution in [0, 0.1) is 6.92 Å². The molecule has 0 bridgehead atoms. The maximum absolute atomic E-state index is 12.9. The molecule has 2 fully saturated rings. The standard InChI is InChI=1S/C18H24N2O3/c1-13-6-8-14(9-7-13)16-17(23-12-15(21)19(16)2)18(22)20-10-4-3-5-11-20/h6-9,16-17H,3-5,10-12H2,1-2H3/t16-,17+/m0/s1. The van der Waals surface area contributed by atoms with E-state index in [0.29, 0.717) is 0 Å². The summed E-state index contributed by atoms with van der Waals surface area (Å²) in [6.07, 6.45) is 2.65. The van der Waals surface area contributed by atoms with E-state index in [4.69, 9.17) is 4.74 Å². The molecule has 1 aromatic carbocycles. The molecule has 0 radical (unpaired) electrons. The minimum atomic E-state index is -0.612. The molecule has 3 rings (SSSR count). The van der Waals surface area contributed by atoms with Gasteiger partial charge >= 0.3 is 0 Å². The molecule has 0 N–H and O–H groups in total. The van der Waals surface area contributed by atoms with E-state index in [-0.39, 0.29) is 24.5 Å². The molecule has 2 aliphatic rings. The molecule has 23 heavy (non-hydrogen) atoms. The highest BCUT2D eigenvalue weighted by atomic mass is 16.5. The Hall–Kier alpha value is -1.88. The summed E-state index contributed by atoms with van der Waals surface area (Å²) >= 11 is 0. The van der Waals surface area contributed by atoms with Crippen molar-refractivity contribution in [2.45, 2.75) is 38.3 Å². The highest BCUT2D eigenvalue weighted by Crippen LogP contribution is 2.31. The Morgan fingerprint density at radius 1 is 1.13 bits per heavy atom. The van der Waals surface area contributed by atoms with Gasteiger partial charge in [0.25, 0.3) is 5.91 Å². The Morgan fingerprint density at radius 2 is 1.78 bits per heavy atom. The van der Waals surface area contributed by atoms with Crippen molar-refractivity contribution in [3.05, 3.63) is 35.4 Å². The lowest BCUT2D eigenvalue weighted by Gasteiger charge is -2.41. The zero-order valence-corrected chi connectivity index (χ0v) is 13.8. The molecule has 2 aliphatic heterocycles. The summed E-state index contributed by atoms with van der Waals surface area (Å²) in [5.74, 6) is -0.0760. The smallest absolute Gasteiger partial charge is 0.254 e. The number of hydrogen-bond donors (Lipinski definition) is 0. The fraction of sp³-hybridized carbons (Fsp3) is 0.556. The van der Waals surface area contributed by atoms with Crippen molar-refractivity contribution in [2.24, 2.45) is 0 Å². The van der Waals surface area contributed by atoms with Gasteiger partial charge in [-0.05, 0) is 31.7 Å². The van der Waals surface area contributed by atoms with Crippen molar-refractivity contribution >= 4 is 11.8 Å². The monoisotopic (exact) mass is 316 g/mol. The van der Waals surface area contributed by atoms with Gasteiger partial charge < -0.3 is 14.5 Å². The zero-order valence-electron chi connectivity index (χ0n) is 13.8. The Kier molecular flexibility index (Phi) is 4.66. The van der Waals surface area contributed by atoms with Crippen molar-refractivity contribution in [1.29, 1.82) is 0 Å². The van der Waals surface area contributed by atoms with Crippen LogP contribution in [-0.4, -0.2) is 54.5 Å². The van der Waals surface area contributed by atoms with Crippen LogP contribution in [0.4, 0.5) is 0 Å². The molecule has 2 heterocycles. The van der Waals surface area contributed by atoms with Crippen LogP contribution >= 0.6 is 0 Å². The van der Waals surface area contributed by atoms with Crippen LogP contribution in [0.1, 0.15) is 36.4 Å². The van der Waals surface area contributed by atoms with Gasteiger partial charge in [-0.3, -0.25) is 9.59 Å². The Morgan fingerprint density at radius 3 is 2.43 bits per heavy atom. The van der Waals surface area contributed by atoms with Gasteiger partial charge in [0.15, 0.2) is 6.10 Å². The summed E-state index contributed by atoms with van der Waals surface area (Å²) in [6, 6.07) is 7.62. The van der Waals surface area contributed by atoms with Crippen LogP contribution in [0.2, 0.25) is 0 Å². The largest absolute Gasteiger partial charge is 0.356 e. The van der Waals surface area contributed by atoms with Crippen molar-refractivity contribution < 1.29 is 14.3 Å². The molecule has 0 aromatic heterocycles. The van der Waals surface area contributed by atoms with Gasteiger partial charge in [-0.2, -0.15) is 0 Å². The Balaban J connectivity index is 1.87. The van der Waals surface area contributed by atoms with Crippen LogP contribution in [0.25, 0.3) is 0 Å². The lowest BCUT2D eigenvalue weighted by Crippen LogP contribution is -2.54. The average Bonchev–Trinajstić information content (AvgIpc) is 2.58. The molecule has 0 spiro atoms. The third-order valence-electron chi connectivity index (χ3n) is 4.81. The number of carbonyl (C=O) groups excluding carboxylic acids is 2. The maximum Gasteiger partial charge on any atom is 0.254 e. The van der Waals surface area contributed by atoms with Crippen molar-refractivity contribution in [3.63, 3.8) is 0 Å². The second kappa shape index (κ2) is 6.71. The normalized spacial score (nSPS) is 25.6. The summed E-state index contributed by atoms with van der Waals surface area (Å²) < 4.78 is 5.69. The summed E-state index contributed by atoms with van der Waals surface area (Å²) in [7, 11) is 1.76. The number of likely N-dealkylation sites (tertiary alicyclic amines) is 1. The molecular weight excluding hydrogens is 292 g/mol. The first-order valence-electron chi connectivity index (χ1n) is 8.30. The second-order valence-electron chi connectivity index (χ2n) is 6.48. The van der Waals surface area contributed by atoms with Crippen molar-refractivity contribution in [2.75, 3.05) is 26.7 Å². The predicted molar refractivity (Wildman–Crippen MR) is 86.9 cm³/mol. The number of piperidine rings is 1. The molecule has 2 amide bonds. The summed E-state index contributed by atoms with van der Waals surface area (Å²) in [6.45, 7) is 3.57. The molecule has 0 aliphatic carbocycles. The molecule has 1 aromatic rings. The third kappa shape index (κ3) is 3.24. The topological polar surface area (TPSA) is 49.9 Å². The van der Waals surface area contributed by atoms with E-state index in [1.165, 1.54) is 6.42 Å². The van der Waals surface area contributed by atoms with Gasteiger partial charge in [0.1, 0.15) is 6.61 Å². The van der Waals surface area contributed by atoms with Gasteiger partial charge in [0.05, 0.1) is 6.04 Å². The zero-order chi connectivity index (χ0) is 16.4. The second-order valence-corrected chi connectivity index (χ2v) is 6.48. The maximum atomic E-state index is 12.9. The Bertz CT molecular complexity index is 578. The molecule has 0 saturated carbocycles. The number of nitrogens with zero attached hydrogens (tertiary/aromatic N) is 2. The van der Waals surface area contributed by atoms with Gasteiger partial charge in [0, 0.05) is 20.1 Å². The first kappa shape index (κ1) is 16.0. The minimum absolute atomic E-state index is 0.00891. The van der Waals surface area contributed by atoms with Gasteiger partial charge in [-0.25, -0.2) is 0 Å². The van der Waals surface area contributed by atoms with Crippen LogP contribution in [0.5, 0.6) is 0 Å². The number of morpholine rings is 1. The molecule has 2 saturated heterocycles. The van der Waals surface area contributed by atoms with Crippen molar-refractivity contribution in [1.82, 2.24) is 9.80 Å². The van der Waals surface area contributed by atoms with E-state index < -0.39 is 6.10 Å². The molecule has 0 unspecified atom stereocenters. The molecule has 5 nitrogen and oxygen atoms in total. The van der Waals surface area contributed by atoms with E-state index in [0.717, 1.165) is 37.1 Å². The van der Waals surface area contributed by atoms with Crippen LogP contribution < -0.4 is 0 Å². The number of benzene rings is 1. The highest BCUT2D eigenvalue weighted by molar-refractivity contribution is 5.86.